The van der Waals surface area contributed by atoms with Crippen LogP contribution in [0.4, 0.5) is 18.9 Å². The number of fused-ring (bicyclic) bond motifs is 1. The van der Waals surface area contributed by atoms with Gasteiger partial charge in [0.25, 0.3) is 5.91 Å². The zero-order valence-corrected chi connectivity index (χ0v) is 15.1. The lowest BCUT2D eigenvalue weighted by Crippen LogP contribution is -2.33. The molecule has 0 heterocycles. The van der Waals surface area contributed by atoms with Crippen molar-refractivity contribution in [1.29, 1.82) is 0 Å². The molecule has 0 bridgehead atoms. The molecule has 2 aromatic carbocycles. The fraction of sp³-hybridized carbons (Fsp3) is 0.381. The number of hydrogen-bond donors (Lipinski definition) is 1. The molecule has 3 rings (SSSR count). The summed E-state index contributed by atoms with van der Waals surface area (Å²) in [6.07, 6.45) is -0.736. The van der Waals surface area contributed by atoms with Gasteiger partial charge in [-0.2, -0.15) is 13.2 Å². The van der Waals surface area contributed by atoms with E-state index >= 15 is 0 Å². The third kappa shape index (κ3) is 4.62. The van der Waals surface area contributed by atoms with Crippen LogP contribution in [-0.4, -0.2) is 12.0 Å². The molecule has 1 unspecified atom stereocenters. The first-order valence-electron chi connectivity index (χ1n) is 9.14. The number of carbonyl (C=O) groups is 1. The summed E-state index contributed by atoms with van der Waals surface area (Å²) in [4.78, 5) is 12.5. The first-order chi connectivity index (χ1) is 12.9. The second kappa shape index (κ2) is 8.03. The van der Waals surface area contributed by atoms with Gasteiger partial charge in [0, 0.05) is 0 Å². The first-order valence-corrected chi connectivity index (χ1v) is 9.14. The second-order valence-electron chi connectivity index (χ2n) is 6.68. The number of rotatable bonds is 5. The summed E-state index contributed by atoms with van der Waals surface area (Å²) in [5.41, 5.74) is 1.38. The van der Waals surface area contributed by atoms with Crippen molar-refractivity contribution in [3.63, 3.8) is 0 Å². The summed E-state index contributed by atoms with van der Waals surface area (Å²) in [6, 6.07) is 10.7. The molecule has 0 fully saturated rings. The van der Waals surface area contributed by atoms with E-state index in [1.807, 2.05) is 18.2 Å². The van der Waals surface area contributed by atoms with E-state index in [-0.39, 0.29) is 5.69 Å². The Balaban J connectivity index is 1.74. The first kappa shape index (κ1) is 19.3. The highest BCUT2D eigenvalue weighted by Crippen LogP contribution is 2.34. The summed E-state index contributed by atoms with van der Waals surface area (Å²) >= 11 is 0. The van der Waals surface area contributed by atoms with Crippen molar-refractivity contribution in [2.75, 3.05) is 5.32 Å². The van der Waals surface area contributed by atoms with E-state index < -0.39 is 23.8 Å². The molecule has 0 saturated carbocycles. The predicted molar refractivity (Wildman–Crippen MR) is 97.9 cm³/mol. The van der Waals surface area contributed by atoms with Crippen molar-refractivity contribution in [2.45, 2.75) is 51.3 Å². The van der Waals surface area contributed by atoms with E-state index in [2.05, 4.69) is 5.32 Å². The molecule has 1 N–H and O–H groups in total. The van der Waals surface area contributed by atoms with E-state index in [0.29, 0.717) is 12.2 Å². The van der Waals surface area contributed by atoms with E-state index in [1.165, 1.54) is 35.7 Å². The maximum atomic E-state index is 13.1. The highest BCUT2D eigenvalue weighted by molar-refractivity contribution is 5.95. The molecule has 1 atom stereocenters. The Hall–Kier alpha value is -2.50. The number of amides is 1. The van der Waals surface area contributed by atoms with Crippen LogP contribution in [0, 0.1) is 0 Å². The van der Waals surface area contributed by atoms with Crippen molar-refractivity contribution >= 4 is 11.6 Å². The molecule has 144 valence electrons. The van der Waals surface area contributed by atoms with Gasteiger partial charge in [-0.15, -0.1) is 0 Å². The van der Waals surface area contributed by atoms with Crippen molar-refractivity contribution < 1.29 is 22.7 Å². The molecule has 0 saturated heterocycles. The van der Waals surface area contributed by atoms with Crippen molar-refractivity contribution in [1.82, 2.24) is 0 Å². The molecule has 2 aromatic rings. The van der Waals surface area contributed by atoms with Crippen LogP contribution in [0.3, 0.4) is 0 Å². The number of halogens is 3. The Morgan fingerprint density at radius 3 is 2.52 bits per heavy atom. The third-order valence-electron chi connectivity index (χ3n) is 4.75. The van der Waals surface area contributed by atoms with Crippen LogP contribution in [-0.2, 0) is 23.8 Å². The van der Waals surface area contributed by atoms with Gasteiger partial charge in [-0.3, -0.25) is 4.79 Å². The number of aryl methyl sites for hydroxylation is 2. The summed E-state index contributed by atoms with van der Waals surface area (Å²) in [6.45, 7) is 1.76. The molecule has 0 aliphatic heterocycles. The Bertz CT molecular complexity index is 817. The number of anilines is 1. The second-order valence-corrected chi connectivity index (χ2v) is 6.68. The quantitative estimate of drug-likeness (QED) is 0.760. The number of nitrogens with one attached hydrogen (secondary N) is 1. The largest absolute Gasteiger partial charge is 0.481 e. The van der Waals surface area contributed by atoms with E-state index in [0.717, 1.165) is 25.3 Å². The minimum atomic E-state index is -4.54. The van der Waals surface area contributed by atoms with Crippen LogP contribution in [0.15, 0.2) is 42.5 Å². The lowest BCUT2D eigenvalue weighted by Gasteiger charge is -2.21. The lowest BCUT2D eigenvalue weighted by molar-refractivity contribution is -0.137. The van der Waals surface area contributed by atoms with E-state index in [9.17, 15) is 18.0 Å². The molecule has 3 nitrogen and oxygen atoms in total. The average Bonchev–Trinajstić information content (AvgIpc) is 2.65. The summed E-state index contributed by atoms with van der Waals surface area (Å²) < 4.78 is 45.1. The molecule has 1 aliphatic carbocycles. The Labute approximate surface area is 156 Å². The molecule has 6 heteroatoms. The molecule has 1 aliphatic rings. The normalized spacial score (nSPS) is 15.0. The van der Waals surface area contributed by atoms with Gasteiger partial charge in [0.1, 0.15) is 5.75 Å². The minimum absolute atomic E-state index is 0.262. The molecule has 0 spiro atoms. The maximum absolute atomic E-state index is 13.1. The van der Waals surface area contributed by atoms with Gasteiger partial charge in [0.15, 0.2) is 6.10 Å². The molecule has 0 aromatic heterocycles. The minimum Gasteiger partial charge on any atom is -0.481 e. The van der Waals surface area contributed by atoms with Gasteiger partial charge in [-0.1, -0.05) is 25.1 Å². The Kier molecular flexibility index (Phi) is 5.73. The highest BCUT2D eigenvalue weighted by atomic mass is 19.4. The van der Waals surface area contributed by atoms with Crippen LogP contribution in [0.5, 0.6) is 5.75 Å². The van der Waals surface area contributed by atoms with Crippen molar-refractivity contribution in [3.8, 4) is 5.75 Å². The number of carbonyl (C=O) groups excluding carboxylic acids is 1. The van der Waals surface area contributed by atoms with E-state index in [1.54, 1.807) is 6.92 Å². The molecule has 27 heavy (non-hydrogen) atoms. The summed E-state index contributed by atoms with van der Waals surface area (Å²) in [7, 11) is 0. The SMILES string of the molecule is CCC(Oc1ccc2c(c1)CCCC2)C(=O)Nc1ccccc1C(F)(F)F. The standard InChI is InChI=1S/C21H22F3NO2/c1-2-19(27-16-12-11-14-7-3-4-8-15(14)13-16)20(26)25-18-10-6-5-9-17(18)21(22,23)24/h5-6,9-13,19H,2-4,7-8H2,1H3,(H,25,26). The van der Waals surface area contributed by atoms with Gasteiger partial charge in [0.2, 0.25) is 0 Å². The summed E-state index contributed by atoms with van der Waals surface area (Å²) in [5.74, 6) is -0.0197. The van der Waals surface area contributed by atoms with Crippen LogP contribution in [0.1, 0.15) is 42.9 Å². The van der Waals surface area contributed by atoms with Gasteiger partial charge < -0.3 is 10.1 Å². The molecular weight excluding hydrogens is 355 g/mol. The smallest absolute Gasteiger partial charge is 0.418 e. The predicted octanol–water partition coefficient (Wildman–Crippen LogP) is 5.38. The fourth-order valence-electron chi connectivity index (χ4n) is 3.32. The van der Waals surface area contributed by atoms with Crippen LogP contribution in [0.2, 0.25) is 0 Å². The highest BCUT2D eigenvalue weighted by Gasteiger charge is 2.34. The lowest BCUT2D eigenvalue weighted by atomic mass is 9.92. The van der Waals surface area contributed by atoms with Gasteiger partial charge >= 0.3 is 6.18 Å². The zero-order chi connectivity index (χ0) is 19.4. The van der Waals surface area contributed by atoms with Crippen LogP contribution in [0.25, 0.3) is 0 Å². The van der Waals surface area contributed by atoms with Gasteiger partial charge in [-0.05, 0) is 67.5 Å². The van der Waals surface area contributed by atoms with Crippen LogP contribution < -0.4 is 10.1 Å². The number of para-hydroxylation sites is 1. The Morgan fingerprint density at radius 1 is 1.11 bits per heavy atom. The topological polar surface area (TPSA) is 38.3 Å². The van der Waals surface area contributed by atoms with Crippen molar-refractivity contribution in [2.24, 2.45) is 0 Å². The zero-order valence-electron chi connectivity index (χ0n) is 15.1. The Morgan fingerprint density at radius 2 is 1.81 bits per heavy atom. The number of benzene rings is 2. The average molecular weight is 377 g/mol. The molecule has 1 amide bonds. The summed E-state index contributed by atoms with van der Waals surface area (Å²) in [5, 5.41) is 2.37. The molecule has 0 radical (unpaired) electrons. The molecular formula is C21H22F3NO2. The maximum Gasteiger partial charge on any atom is 0.418 e. The number of alkyl halides is 3. The van der Waals surface area contributed by atoms with Crippen LogP contribution >= 0.6 is 0 Å². The van der Waals surface area contributed by atoms with Gasteiger partial charge in [-0.25, -0.2) is 0 Å². The van der Waals surface area contributed by atoms with Crippen molar-refractivity contribution in [3.05, 3.63) is 59.2 Å². The monoisotopic (exact) mass is 377 g/mol. The van der Waals surface area contributed by atoms with E-state index in [4.69, 9.17) is 4.74 Å². The number of ether oxygens (including phenoxy) is 1. The fourth-order valence-corrected chi connectivity index (χ4v) is 3.32. The number of hydrogen-bond acceptors (Lipinski definition) is 2. The van der Waals surface area contributed by atoms with Gasteiger partial charge in [0.05, 0.1) is 11.3 Å². The third-order valence-corrected chi connectivity index (χ3v) is 4.75.